The van der Waals surface area contributed by atoms with E-state index in [1.807, 2.05) is 35.0 Å². The van der Waals surface area contributed by atoms with Crippen molar-refractivity contribution < 1.29 is 9.13 Å². The zero-order valence-electron chi connectivity index (χ0n) is 16.1. The van der Waals surface area contributed by atoms with E-state index in [0.717, 1.165) is 16.0 Å². The van der Waals surface area contributed by atoms with Gasteiger partial charge in [-0.1, -0.05) is 18.2 Å². The van der Waals surface area contributed by atoms with Gasteiger partial charge in [-0.25, -0.2) is 19.0 Å². The summed E-state index contributed by atoms with van der Waals surface area (Å²) in [5.74, 6) is 5.42. The largest absolute Gasteiger partial charge is 0.448 e. The number of nitrogens with two attached hydrogens (primary N) is 1. The first kappa shape index (κ1) is 18.6. The Labute approximate surface area is 174 Å². The fraction of sp³-hybridized carbons (Fsp3) is 0.0476. The predicted molar refractivity (Wildman–Crippen MR) is 113 cm³/mol. The normalized spacial score (nSPS) is 11.1. The first-order valence-electron chi connectivity index (χ1n) is 9.35. The Morgan fingerprint density at radius 3 is 2.77 bits per heavy atom. The van der Waals surface area contributed by atoms with Crippen molar-refractivity contribution >= 4 is 22.6 Å². The summed E-state index contributed by atoms with van der Waals surface area (Å²) >= 11 is 0. The lowest BCUT2D eigenvalue weighted by Gasteiger charge is -2.10. The molecule has 0 saturated carbocycles. The van der Waals surface area contributed by atoms with Crippen LogP contribution in [0.1, 0.15) is 5.69 Å². The number of pyridine rings is 2. The van der Waals surface area contributed by atoms with Gasteiger partial charge in [0.1, 0.15) is 5.65 Å². The molecule has 0 fully saturated rings. The number of hydrogen-bond donors (Lipinski definition) is 2. The number of fused-ring (bicyclic) bond motifs is 2. The van der Waals surface area contributed by atoms with Crippen molar-refractivity contribution in [2.24, 2.45) is 0 Å². The van der Waals surface area contributed by atoms with Gasteiger partial charge in [-0.15, -0.1) is 0 Å². The van der Waals surface area contributed by atoms with Crippen LogP contribution in [0.5, 0.6) is 11.5 Å². The number of hydrogen-bond acceptors (Lipinski definition) is 7. The average molecular weight is 417 g/mol. The molecule has 1 aromatic carbocycles. The van der Waals surface area contributed by atoms with Gasteiger partial charge in [0, 0.05) is 24.0 Å². The number of para-hydroxylation sites is 1. The van der Waals surface area contributed by atoms with Gasteiger partial charge in [-0.2, -0.15) is 4.98 Å². The molecule has 9 nitrogen and oxygen atoms in total. The van der Waals surface area contributed by atoms with E-state index in [1.54, 1.807) is 6.07 Å². The van der Waals surface area contributed by atoms with Gasteiger partial charge in [0.2, 0.25) is 5.95 Å². The second kappa shape index (κ2) is 7.41. The van der Waals surface area contributed by atoms with Gasteiger partial charge >= 0.3 is 5.56 Å². The fourth-order valence-corrected chi connectivity index (χ4v) is 3.14. The molecule has 154 valence electrons. The highest BCUT2D eigenvalue weighted by Gasteiger charge is 2.14. The summed E-state index contributed by atoms with van der Waals surface area (Å²) in [4.78, 5) is 25.7. The molecular formula is C21H16FN7O2. The molecule has 0 aliphatic heterocycles. The Bertz CT molecular complexity index is 1450. The molecule has 0 bridgehead atoms. The van der Waals surface area contributed by atoms with E-state index in [2.05, 4.69) is 20.3 Å². The third-order valence-electron chi connectivity index (χ3n) is 4.64. The maximum atomic E-state index is 13.9. The summed E-state index contributed by atoms with van der Waals surface area (Å²) in [7, 11) is 0. The molecule has 0 aliphatic carbocycles. The number of nitrogens with zero attached hydrogens (tertiary/aromatic N) is 5. The maximum Gasteiger partial charge on any atom is 0.313 e. The smallest absolute Gasteiger partial charge is 0.313 e. The Morgan fingerprint density at radius 1 is 1.10 bits per heavy atom. The summed E-state index contributed by atoms with van der Waals surface area (Å²) in [5, 5.41) is 3.54. The zero-order valence-corrected chi connectivity index (χ0v) is 16.1. The second-order valence-corrected chi connectivity index (χ2v) is 6.74. The van der Waals surface area contributed by atoms with Crippen LogP contribution >= 0.6 is 0 Å². The minimum atomic E-state index is -0.652. The van der Waals surface area contributed by atoms with Crippen LogP contribution in [-0.2, 0) is 6.54 Å². The van der Waals surface area contributed by atoms with Gasteiger partial charge < -0.3 is 20.3 Å². The lowest BCUT2D eigenvalue weighted by atomic mass is 10.3. The molecule has 0 unspecified atom stereocenters. The van der Waals surface area contributed by atoms with Crippen LogP contribution in [0.25, 0.3) is 16.7 Å². The Morgan fingerprint density at radius 2 is 1.94 bits per heavy atom. The van der Waals surface area contributed by atoms with E-state index in [-0.39, 0.29) is 23.1 Å². The molecule has 4 heterocycles. The third kappa shape index (κ3) is 3.50. The van der Waals surface area contributed by atoms with Gasteiger partial charge in [-0.3, -0.25) is 4.79 Å². The fourth-order valence-electron chi connectivity index (χ4n) is 3.14. The van der Waals surface area contributed by atoms with Crippen LogP contribution in [-0.4, -0.2) is 24.0 Å². The van der Waals surface area contributed by atoms with Crippen LogP contribution in [0.4, 0.5) is 10.3 Å². The second-order valence-electron chi connectivity index (χ2n) is 6.74. The van der Waals surface area contributed by atoms with Crippen molar-refractivity contribution in [3.63, 3.8) is 0 Å². The standard InChI is InChI=1S/C21H16FN7O2/c22-15-5-1-2-6-16(15)31-17-9-13-10-24-21(27-19(13)29(23)20(17)30)25-11-14-12-28-8-4-3-7-18(28)26-14/h1-10,12H,11,23H2,(H,24,25,27). The number of nitrogens with one attached hydrogen (secondary N) is 1. The monoisotopic (exact) mass is 417 g/mol. The lowest BCUT2D eigenvalue weighted by Crippen LogP contribution is -2.29. The Kier molecular flexibility index (Phi) is 4.43. The first-order chi connectivity index (χ1) is 15.1. The number of aromatic nitrogens is 5. The van der Waals surface area contributed by atoms with Crippen LogP contribution in [0.3, 0.4) is 0 Å². The average Bonchev–Trinajstić information content (AvgIpc) is 3.20. The molecule has 0 atom stereocenters. The highest BCUT2D eigenvalue weighted by atomic mass is 19.1. The summed E-state index contributed by atoms with van der Waals surface area (Å²) in [6.45, 7) is 0.385. The van der Waals surface area contributed by atoms with E-state index < -0.39 is 11.4 Å². The van der Waals surface area contributed by atoms with Crippen molar-refractivity contribution in [1.29, 1.82) is 0 Å². The summed E-state index contributed by atoms with van der Waals surface area (Å²) in [6, 6.07) is 13.0. The Hall–Kier alpha value is -4.47. The van der Waals surface area contributed by atoms with Crippen molar-refractivity contribution in [3.05, 3.63) is 89.0 Å². The maximum absolute atomic E-state index is 13.9. The number of imidazole rings is 1. The minimum Gasteiger partial charge on any atom is -0.448 e. The van der Waals surface area contributed by atoms with Gasteiger partial charge in [0.15, 0.2) is 23.0 Å². The lowest BCUT2D eigenvalue weighted by molar-refractivity contribution is 0.435. The van der Waals surface area contributed by atoms with Gasteiger partial charge in [0.05, 0.1) is 12.2 Å². The topological polar surface area (TPSA) is 112 Å². The quantitative estimate of drug-likeness (QED) is 0.423. The third-order valence-corrected chi connectivity index (χ3v) is 4.64. The van der Waals surface area contributed by atoms with Crippen molar-refractivity contribution in [1.82, 2.24) is 24.0 Å². The number of halogens is 1. The molecule has 0 aliphatic rings. The molecular weight excluding hydrogens is 401 g/mol. The number of anilines is 1. The van der Waals surface area contributed by atoms with E-state index >= 15 is 0 Å². The molecule has 5 rings (SSSR count). The summed E-state index contributed by atoms with van der Waals surface area (Å²) < 4.78 is 22.0. The first-order valence-corrected chi connectivity index (χ1v) is 9.35. The molecule has 0 saturated heterocycles. The molecule has 0 radical (unpaired) electrons. The molecule has 3 N–H and O–H groups in total. The van der Waals surface area contributed by atoms with E-state index in [4.69, 9.17) is 10.6 Å². The number of nitrogen functional groups attached to an aromatic ring is 1. The molecule has 4 aromatic heterocycles. The molecule has 0 spiro atoms. The van der Waals surface area contributed by atoms with Crippen molar-refractivity contribution in [2.45, 2.75) is 6.54 Å². The molecule has 5 aromatic rings. The van der Waals surface area contributed by atoms with Crippen molar-refractivity contribution in [3.8, 4) is 11.5 Å². The summed E-state index contributed by atoms with van der Waals surface area (Å²) in [6.07, 6.45) is 5.31. The van der Waals surface area contributed by atoms with E-state index in [1.165, 1.54) is 30.5 Å². The number of ether oxygens (including phenoxy) is 1. The molecule has 31 heavy (non-hydrogen) atoms. The van der Waals surface area contributed by atoms with Crippen LogP contribution in [0.15, 0.2) is 71.9 Å². The van der Waals surface area contributed by atoms with Gasteiger partial charge in [0.25, 0.3) is 0 Å². The van der Waals surface area contributed by atoms with Gasteiger partial charge in [-0.05, 0) is 30.3 Å². The van der Waals surface area contributed by atoms with E-state index in [9.17, 15) is 9.18 Å². The SMILES string of the molecule is Nn1c(=O)c(Oc2ccccc2F)cc2cnc(NCc3cn4ccccc4n3)nc21. The predicted octanol–water partition coefficient (Wildman–Crippen LogP) is 2.70. The van der Waals surface area contributed by atoms with Crippen LogP contribution in [0, 0.1) is 5.82 Å². The van der Waals surface area contributed by atoms with Crippen LogP contribution < -0.4 is 21.5 Å². The number of rotatable bonds is 5. The Balaban J connectivity index is 1.42. The number of benzene rings is 1. The highest BCUT2D eigenvalue weighted by Crippen LogP contribution is 2.23. The summed E-state index contributed by atoms with van der Waals surface area (Å²) in [5.41, 5.74) is 1.18. The minimum absolute atomic E-state index is 0.0781. The van der Waals surface area contributed by atoms with Crippen LogP contribution in [0.2, 0.25) is 0 Å². The zero-order chi connectivity index (χ0) is 21.4. The van der Waals surface area contributed by atoms with Crippen molar-refractivity contribution in [2.75, 3.05) is 11.2 Å². The molecule has 0 amide bonds. The molecule has 10 heteroatoms. The highest BCUT2D eigenvalue weighted by molar-refractivity contribution is 5.77. The van der Waals surface area contributed by atoms with E-state index in [0.29, 0.717) is 11.9 Å².